The Bertz CT molecular complexity index is 229. The van der Waals surface area contributed by atoms with E-state index < -0.39 is 0 Å². The molecule has 2 saturated carbocycles. The number of rotatable bonds is 1. The average molecular weight is 164 g/mol. The molecule has 0 aromatic carbocycles. The molecule has 0 aromatic rings. The highest BCUT2D eigenvalue weighted by molar-refractivity contribution is 5.88. The maximum absolute atomic E-state index is 11.7. The van der Waals surface area contributed by atoms with Crippen molar-refractivity contribution in [3.8, 4) is 0 Å². The Hall–Kier alpha value is -0.590. The van der Waals surface area contributed by atoms with Crippen molar-refractivity contribution in [2.24, 2.45) is 11.3 Å². The molecule has 0 amide bonds. The Morgan fingerprint density at radius 2 is 2.33 bits per heavy atom. The van der Waals surface area contributed by atoms with Crippen molar-refractivity contribution in [3.05, 3.63) is 12.2 Å². The number of fused-ring (bicyclic) bond motifs is 2. The van der Waals surface area contributed by atoms with Gasteiger partial charge in [-0.25, -0.2) is 0 Å². The second-order valence-electron chi connectivity index (χ2n) is 4.23. The van der Waals surface area contributed by atoms with Crippen LogP contribution in [0.25, 0.3) is 0 Å². The van der Waals surface area contributed by atoms with Crippen LogP contribution in [0.15, 0.2) is 12.2 Å². The van der Waals surface area contributed by atoms with Crippen molar-refractivity contribution >= 4 is 5.78 Å². The van der Waals surface area contributed by atoms with Gasteiger partial charge in [-0.05, 0) is 38.5 Å². The fourth-order valence-corrected chi connectivity index (χ4v) is 2.83. The van der Waals surface area contributed by atoms with Gasteiger partial charge in [0.2, 0.25) is 0 Å². The van der Waals surface area contributed by atoms with Gasteiger partial charge in [0.1, 0.15) is 5.78 Å². The second-order valence-corrected chi connectivity index (χ2v) is 4.23. The van der Waals surface area contributed by atoms with E-state index in [1.54, 1.807) is 0 Å². The normalized spacial score (nSPS) is 41.1. The Morgan fingerprint density at radius 3 is 3.08 bits per heavy atom. The SMILES string of the molecule is C/C=C/C12CCC(CCC1=O)C2. The Kier molecular flexibility index (Phi) is 1.82. The summed E-state index contributed by atoms with van der Waals surface area (Å²) in [5.41, 5.74) is -0.0162. The lowest BCUT2D eigenvalue weighted by Gasteiger charge is -2.28. The monoisotopic (exact) mass is 164 g/mol. The third-order valence-corrected chi connectivity index (χ3v) is 3.47. The molecule has 2 aliphatic rings. The van der Waals surface area contributed by atoms with Crippen LogP contribution in [0.5, 0.6) is 0 Å². The van der Waals surface area contributed by atoms with E-state index in [4.69, 9.17) is 0 Å². The maximum Gasteiger partial charge on any atom is 0.142 e. The highest BCUT2D eigenvalue weighted by Gasteiger charge is 2.45. The van der Waals surface area contributed by atoms with E-state index in [0.717, 1.165) is 31.6 Å². The summed E-state index contributed by atoms with van der Waals surface area (Å²) >= 11 is 0. The molecule has 2 fully saturated rings. The Balaban J connectivity index is 2.27. The smallest absolute Gasteiger partial charge is 0.142 e. The van der Waals surface area contributed by atoms with Gasteiger partial charge in [-0.15, -0.1) is 0 Å². The summed E-state index contributed by atoms with van der Waals surface area (Å²) in [6.45, 7) is 2.02. The molecule has 2 unspecified atom stereocenters. The summed E-state index contributed by atoms with van der Waals surface area (Å²) < 4.78 is 0. The molecule has 0 aromatic heterocycles. The summed E-state index contributed by atoms with van der Waals surface area (Å²) in [5.74, 6) is 1.34. The van der Waals surface area contributed by atoms with Crippen LogP contribution in [0.1, 0.15) is 39.0 Å². The lowest BCUT2D eigenvalue weighted by molar-refractivity contribution is -0.127. The fraction of sp³-hybridized carbons (Fsp3) is 0.727. The minimum Gasteiger partial charge on any atom is -0.299 e. The number of allylic oxidation sites excluding steroid dienone is 2. The van der Waals surface area contributed by atoms with E-state index in [-0.39, 0.29) is 5.41 Å². The third-order valence-electron chi connectivity index (χ3n) is 3.47. The standard InChI is InChI=1S/C11H16O/c1-2-6-11-7-5-9(8-11)3-4-10(11)12/h2,6,9H,3-5,7-8H2,1H3/b6-2+. The molecule has 1 heteroatoms. The zero-order valence-electron chi connectivity index (χ0n) is 7.68. The largest absolute Gasteiger partial charge is 0.299 e. The molecule has 66 valence electrons. The Labute approximate surface area is 73.8 Å². The number of hydrogen-bond donors (Lipinski definition) is 0. The summed E-state index contributed by atoms with van der Waals surface area (Å²) in [5, 5.41) is 0. The zero-order valence-corrected chi connectivity index (χ0v) is 7.68. The molecule has 0 saturated heterocycles. The van der Waals surface area contributed by atoms with Crippen LogP contribution in [0.2, 0.25) is 0 Å². The molecular weight excluding hydrogens is 148 g/mol. The predicted molar refractivity (Wildman–Crippen MR) is 48.8 cm³/mol. The lowest BCUT2D eigenvalue weighted by Crippen LogP contribution is -2.29. The molecule has 0 N–H and O–H groups in total. The summed E-state index contributed by atoms with van der Waals surface area (Å²) in [4.78, 5) is 11.7. The molecule has 2 aliphatic carbocycles. The van der Waals surface area contributed by atoms with E-state index >= 15 is 0 Å². The van der Waals surface area contributed by atoms with Crippen LogP contribution in [0, 0.1) is 11.3 Å². The van der Waals surface area contributed by atoms with E-state index in [0.29, 0.717) is 5.78 Å². The molecule has 0 spiro atoms. The van der Waals surface area contributed by atoms with Crippen LogP contribution in [-0.4, -0.2) is 5.78 Å². The van der Waals surface area contributed by atoms with Crippen molar-refractivity contribution in [1.82, 2.24) is 0 Å². The van der Waals surface area contributed by atoms with Gasteiger partial charge >= 0.3 is 0 Å². The molecule has 0 radical (unpaired) electrons. The first-order valence-electron chi connectivity index (χ1n) is 4.94. The van der Waals surface area contributed by atoms with Crippen LogP contribution in [0.4, 0.5) is 0 Å². The van der Waals surface area contributed by atoms with Gasteiger partial charge < -0.3 is 0 Å². The van der Waals surface area contributed by atoms with Gasteiger partial charge in [-0.3, -0.25) is 4.79 Å². The highest BCUT2D eigenvalue weighted by Crippen LogP contribution is 2.50. The average Bonchev–Trinajstić information content (AvgIpc) is 2.40. The van der Waals surface area contributed by atoms with Gasteiger partial charge in [0.25, 0.3) is 0 Å². The molecule has 1 nitrogen and oxygen atoms in total. The number of hydrogen-bond acceptors (Lipinski definition) is 1. The van der Waals surface area contributed by atoms with Crippen molar-refractivity contribution < 1.29 is 4.79 Å². The first-order valence-corrected chi connectivity index (χ1v) is 4.94. The van der Waals surface area contributed by atoms with E-state index in [1.165, 1.54) is 6.42 Å². The van der Waals surface area contributed by atoms with Gasteiger partial charge in [0.15, 0.2) is 0 Å². The molecule has 2 atom stereocenters. The minimum absolute atomic E-state index is 0.0162. The van der Waals surface area contributed by atoms with E-state index in [2.05, 4.69) is 6.08 Å². The third kappa shape index (κ3) is 1.03. The van der Waals surface area contributed by atoms with Crippen molar-refractivity contribution in [1.29, 1.82) is 0 Å². The van der Waals surface area contributed by atoms with Crippen LogP contribution in [0.3, 0.4) is 0 Å². The van der Waals surface area contributed by atoms with E-state index in [1.807, 2.05) is 13.0 Å². The lowest BCUT2D eigenvalue weighted by atomic mass is 9.74. The fourth-order valence-electron chi connectivity index (χ4n) is 2.83. The first-order chi connectivity index (χ1) is 5.77. The van der Waals surface area contributed by atoms with Gasteiger partial charge in [0.05, 0.1) is 0 Å². The molecule has 12 heavy (non-hydrogen) atoms. The summed E-state index contributed by atoms with van der Waals surface area (Å²) in [6.07, 6.45) is 9.69. The number of carbonyl (C=O) groups is 1. The van der Waals surface area contributed by atoms with Crippen molar-refractivity contribution in [2.75, 3.05) is 0 Å². The maximum atomic E-state index is 11.7. The minimum atomic E-state index is -0.0162. The van der Waals surface area contributed by atoms with Crippen molar-refractivity contribution in [3.63, 3.8) is 0 Å². The van der Waals surface area contributed by atoms with Crippen molar-refractivity contribution in [2.45, 2.75) is 39.0 Å². The highest BCUT2D eigenvalue weighted by atomic mass is 16.1. The molecule has 0 aliphatic heterocycles. The van der Waals surface area contributed by atoms with Crippen LogP contribution in [-0.2, 0) is 4.79 Å². The number of ketones is 1. The van der Waals surface area contributed by atoms with Crippen LogP contribution >= 0.6 is 0 Å². The molecule has 2 bridgehead atoms. The zero-order chi connectivity index (χ0) is 8.60. The van der Waals surface area contributed by atoms with E-state index in [9.17, 15) is 4.79 Å². The summed E-state index contributed by atoms with van der Waals surface area (Å²) in [6, 6.07) is 0. The second kappa shape index (κ2) is 2.72. The predicted octanol–water partition coefficient (Wildman–Crippen LogP) is 2.71. The first kappa shape index (κ1) is 8.03. The summed E-state index contributed by atoms with van der Waals surface area (Å²) in [7, 11) is 0. The molecule has 0 heterocycles. The van der Waals surface area contributed by atoms with Gasteiger partial charge in [-0.1, -0.05) is 12.2 Å². The molecular formula is C11H16O. The quantitative estimate of drug-likeness (QED) is 0.544. The number of carbonyl (C=O) groups excluding carboxylic acids is 1. The topological polar surface area (TPSA) is 17.1 Å². The van der Waals surface area contributed by atoms with Gasteiger partial charge in [-0.2, -0.15) is 0 Å². The molecule has 2 rings (SSSR count). The van der Waals surface area contributed by atoms with Crippen LogP contribution < -0.4 is 0 Å². The number of Topliss-reactive ketones (excluding diaryl/α,β-unsaturated/α-hetero) is 1. The Morgan fingerprint density at radius 1 is 1.50 bits per heavy atom. The van der Waals surface area contributed by atoms with Gasteiger partial charge in [0, 0.05) is 11.8 Å².